The molecule has 1 aromatic rings. The van der Waals surface area contributed by atoms with Crippen molar-refractivity contribution in [2.75, 3.05) is 6.61 Å². The molecule has 0 radical (unpaired) electrons. The van der Waals surface area contributed by atoms with E-state index in [1.165, 1.54) is 0 Å². The van der Waals surface area contributed by atoms with Crippen LogP contribution in [0.15, 0.2) is 18.2 Å². The summed E-state index contributed by atoms with van der Waals surface area (Å²) in [5.74, 6) is 0.212. The van der Waals surface area contributed by atoms with Crippen molar-refractivity contribution in [2.45, 2.75) is 13.0 Å². The fourth-order valence-electron chi connectivity index (χ4n) is 1.07. The summed E-state index contributed by atoms with van der Waals surface area (Å²) in [6, 6.07) is 5.27. The van der Waals surface area contributed by atoms with E-state index in [-0.39, 0.29) is 12.4 Å². The largest absolute Gasteiger partial charge is 0.508 e. The Labute approximate surface area is 71.5 Å². The van der Waals surface area contributed by atoms with Crippen LogP contribution in [0.1, 0.15) is 11.1 Å². The molecule has 0 aliphatic carbocycles. The molecule has 0 unspecified atom stereocenters. The molecule has 0 aromatic heterocycles. The van der Waals surface area contributed by atoms with Crippen LogP contribution in [-0.2, 0) is 13.0 Å². The quantitative estimate of drug-likeness (QED) is 0.610. The molecule has 1 rings (SSSR count). The maximum Gasteiger partial charge on any atom is 0.120 e. The Bertz CT molecular complexity index is 261. The van der Waals surface area contributed by atoms with Gasteiger partial charge in [0.1, 0.15) is 5.75 Å². The predicted molar refractivity (Wildman–Crippen MR) is 46.8 cm³/mol. The Morgan fingerprint density at radius 1 is 1.33 bits per heavy atom. The maximum absolute atomic E-state index is 9.36. The highest BCUT2D eigenvalue weighted by molar-refractivity contribution is 5.36. The summed E-state index contributed by atoms with van der Waals surface area (Å²) in [5, 5.41) is 18.0. The van der Waals surface area contributed by atoms with Gasteiger partial charge in [0.15, 0.2) is 0 Å². The van der Waals surface area contributed by atoms with Gasteiger partial charge in [0.25, 0.3) is 0 Å². The summed E-state index contributed by atoms with van der Waals surface area (Å²) in [5.41, 5.74) is 7.02. The van der Waals surface area contributed by atoms with Crippen LogP contribution in [0.25, 0.3) is 0 Å². The lowest BCUT2D eigenvalue weighted by Crippen LogP contribution is -1.98. The summed E-state index contributed by atoms with van der Waals surface area (Å²) in [4.78, 5) is 0. The minimum Gasteiger partial charge on any atom is -0.508 e. The van der Waals surface area contributed by atoms with Gasteiger partial charge in [0, 0.05) is 18.7 Å². The van der Waals surface area contributed by atoms with Crippen molar-refractivity contribution >= 4 is 0 Å². The van der Waals surface area contributed by atoms with Gasteiger partial charge in [-0.25, -0.2) is 0 Å². The SMILES string of the molecule is NCc1ccc(CCO)cc1O. The van der Waals surface area contributed by atoms with Crippen LogP contribution in [0, 0.1) is 0 Å². The van der Waals surface area contributed by atoms with Crippen molar-refractivity contribution in [1.29, 1.82) is 0 Å². The van der Waals surface area contributed by atoms with E-state index >= 15 is 0 Å². The average Bonchev–Trinajstić information content (AvgIpc) is 2.05. The molecule has 4 N–H and O–H groups in total. The third kappa shape index (κ3) is 1.96. The van der Waals surface area contributed by atoms with E-state index in [2.05, 4.69) is 0 Å². The zero-order chi connectivity index (χ0) is 8.97. The molecular formula is C9H13NO2. The molecule has 1 aromatic carbocycles. The maximum atomic E-state index is 9.36. The van der Waals surface area contributed by atoms with Crippen molar-refractivity contribution < 1.29 is 10.2 Å². The van der Waals surface area contributed by atoms with E-state index in [1.54, 1.807) is 12.1 Å². The molecule has 0 aliphatic heterocycles. The Morgan fingerprint density at radius 2 is 2.08 bits per heavy atom. The summed E-state index contributed by atoms with van der Waals surface area (Å²) >= 11 is 0. The smallest absolute Gasteiger partial charge is 0.120 e. The second-order valence-corrected chi connectivity index (χ2v) is 2.64. The van der Waals surface area contributed by atoms with E-state index in [4.69, 9.17) is 10.8 Å². The second-order valence-electron chi connectivity index (χ2n) is 2.64. The second kappa shape index (κ2) is 4.09. The lowest BCUT2D eigenvalue weighted by molar-refractivity contribution is 0.299. The van der Waals surface area contributed by atoms with Crippen molar-refractivity contribution in [3.63, 3.8) is 0 Å². The minimum absolute atomic E-state index is 0.0986. The Balaban J connectivity index is 2.86. The fraction of sp³-hybridized carbons (Fsp3) is 0.333. The van der Waals surface area contributed by atoms with Crippen LogP contribution in [0.2, 0.25) is 0 Å². The average molecular weight is 167 g/mol. The number of phenolic OH excluding ortho intramolecular Hbond substituents is 1. The van der Waals surface area contributed by atoms with Crippen LogP contribution in [-0.4, -0.2) is 16.8 Å². The summed E-state index contributed by atoms with van der Waals surface area (Å²) in [6.45, 7) is 0.437. The molecule has 12 heavy (non-hydrogen) atoms. The minimum atomic E-state index is 0.0986. The van der Waals surface area contributed by atoms with Crippen molar-refractivity contribution in [3.05, 3.63) is 29.3 Å². The van der Waals surface area contributed by atoms with Gasteiger partial charge in [-0.2, -0.15) is 0 Å². The molecule has 0 heterocycles. The van der Waals surface area contributed by atoms with E-state index in [9.17, 15) is 5.11 Å². The molecule has 0 saturated carbocycles. The number of aliphatic hydroxyl groups is 1. The number of hydrogen-bond acceptors (Lipinski definition) is 3. The standard InChI is InChI=1S/C9H13NO2/c10-6-8-2-1-7(3-4-11)5-9(8)12/h1-2,5,11-12H,3-4,6,10H2. The number of phenols is 1. The fourth-order valence-corrected chi connectivity index (χ4v) is 1.07. The first-order chi connectivity index (χ1) is 5.77. The van der Waals surface area contributed by atoms with Crippen LogP contribution < -0.4 is 5.73 Å². The molecular weight excluding hydrogens is 154 g/mol. The zero-order valence-electron chi connectivity index (χ0n) is 6.83. The number of benzene rings is 1. The summed E-state index contributed by atoms with van der Waals surface area (Å²) < 4.78 is 0. The number of hydrogen-bond donors (Lipinski definition) is 3. The monoisotopic (exact) mass is 167 g/mol. The molecule has 0 bridgehead atoms. The molecule has 0 amide bonds. The van der Waals surface area contributed by atoms with E-state index < -0.39 is 0 Å². The van der Waals surface area contributed by atoms with Gasteiger partial charge in [-0.1, -0.05) is 12.1 Å². The molecule has 0 fully saturated rings. The Hall–Kier alpha value is -1.06. The van der Waals surface area contributed by atoms with Crippen LogP contribution in [0.3, 0.4) is 0 Å². The van der Waals surface area contributed by atoms with Crippen molar-refractivity contribution in [2.24, 2.45) is 5.73 Å². The molecule has 0 spiro atoms. The summed E-state index contributed by atoms with van der Waals surface area (Å²) in [7, 11) is 0. The molecule has 66 valence electrons. The first kappa shape index (κ1) is 9.03. The van der Waals surface area contributed by atoms with E-state index in [0.717, 1.165) is 11.1 Å². The molecule has 3 heteroatoms. The Kier molecular flexibility index (Phi) is 3.08. The van der Waals surface area contributed by atoms with Gasteiger partial charge in [0.05, 0.1) is 0 Å². The van der Waals surface area contributed by atoms with Crippen LogP contribution >= 0.6 is 0 Å². The van der Waals surface area contributed by atoms with Gasteiger partial charge in [-0.15, -0.1) is 0 Å². The number of aliphatic hydroxyl groups excluding tert-OH is 1. The summed E-state index contributed by atoms with van der Waals surface area (Å²) in [6.07, 6.45) is 0.568. The van der Waals surface area contributed by atoms with Gasteiger partial charge in [-0.3, -0.25) is 0 Å². The van der Waals surface area contributed by atoms with Crippen LogP contribution in [0.4, 0.5) is 0 Å². The van der Waals surface area contributed by atoms with Gasteiger partial charge >= 0.3 is 0 Å². The highest BCUT2D eigenvalue weighted by Gasteiger charge is 1.99. The topological polar surface area (TPSA) is 66.5 Å². The number of nitrogens with two attached hydrogens (primary N) is 1. The van der Waals surface area contributed by atoms with Crippen LogP contribution in [0.5, 0.6) is 5.75 Å². The Morgan fingerprint density at radius 3 is 2.58 bits per heavy atom. The number of rotatable bonds is 3. The third-order valence-corrected chi connectivity index (χ3v) is 1.77. The third-order valence-electron chi connectivity index (χ3n) is 1.77. The number of aromatic hydroxyl groups is 1. The lowest BCUT2D eigenvalue weighted by Gasteiger charge is -2.03. The highest BCUT2D eigenvalue weighted by Crippen LogP contribution is 2.18. The molecule has 0 aliphatic rings. The van der Waals surface area contributed by atoms with E-state index in [1.807, 2.05) is 6.07 Å². The first-order valence-electron chi connectivity index (χ1n) is 3.89. The van der Waals surface area contributed by atoms with Crippen molar-refractivity contribution in [1.82, 2.24) is 0 Å². The van der Waals surface area contributed by atoms with Crippen molar-refractivity contribution in [3.8, 4) is 5.75 Å². The first-order valence-corrected chi connectivity index (χ1v) is 3.89. The predicted octanol–water partition coefficient (Wildman–Crippen LogP) is 0.386. The lowest BCUT2D eigenvalue weighted by atomic mass is 10.1. The zero-order valence-corrected chi connectivity index (χ0v) is 6.83. The normalized spacial score (nSPS) is 10.2. The molecule has 0 saturated heterocycles. The molecule has 0 atom stereocenters. The molecule has 3 nitrogen and oxygen atoms in total. The van der Waals surface area contributed by atoms with E-state index in [0.29, 0.717) is 13.0 Å². The highest BCUT2D eigenvalue weighted by atomic mass is 16.3. The van der Waals surface area contributed by atoms with Gasteiger partial charge < -0.3 is 15.9 Å². The van der Waals surface area contributed by atoms with Gasteiger partial charge in [-0.05, 0) is 18.1 Å². The van der Waals surface area contributed by atoms with Gasteiger partial charge in [0.2, 0.25) is 0 Å².